The van der Waals surface area contributed by atoms with Crippen LogP contribution in [0.15, 0.2) is 47.6 Å². The third-order valence-electron chi connectivity index (χ3n) is 14.8. The second-order valence-electron chi connectivity index (χ2n) is 20.0. The Kier molecular flexibility index (Phi) is 21.0. The van der Waals surface area contributed by atoms with E-state index >= 15 is 0 Å². The molecule has 2 bridgehead atoms. The van der Waals surface area contributed by atoms with Crippen molar-refractivity contribution in [1.29, 1.82) is 0 Å². The monoisotopic (exact) mass is 912 g/mol. The minimum Gasteiger partial charge on any atom is -0.460 e. The van der Waals surface area contributed by atoms with Gasteiger partial charge in [0.1, 0.15) is 30.1 Å². The molecule has 2 N–H and O–H groups in total. The molecular formula is C52H81NO12. The quantitative estimate of drug-likeness (QED) is 0.153. The molecule has 2 saturated heterocycles. The van der Waals surface area contributed by atoms with Crippen molar-refractivity contribution >= 4 is 29.2 Å². The van der Waals surface area contributed by atoms with Gasteiger partial charge in [0.05, 0.1) is 18.3 Å². The summed E-state index contributed by atoms with van der Waals surface area (Å²) in [7, 11) is 4.70. The van der Waals surface area contributed by atoms with E-state index in [-0.39, 0.29) is 54.8 Å². The number of aliphatic hydroxyl groups excluding tert-OH is 1. The highest BCUT2D eigenvalue weighted by Gasteiger charge is 2.53. The fourth-order valence-electron chi connectivity index (χ4n) is 10.4. The van der Waals surface area contributed by atoms with Gasteiger partial charge in [-0.25, -0.2) is 4.79 Å². The molecule has 1 aliphatic carbocycles. The molecule has 3 aliphatic heterocycles. The number of Topliss-reactive ketones (excluding diaryl/α,β-unsaturated/α-hetero) is 3. The van der Waals surface area contributed by atoms with Crippen molar-refractivity contribution in [1.82, 2.24) is 4.90 Å². The van der Waals surface area contributed by atoms with Gasteiger partial charge in [0.25, 0.3) is 11.7 Å². The van der Waals surface area contributed by atoms with E-state index < -0.39 is 77.8 Å². The normalized spacial score (nSPS) is 39.1. The molecule has 3 fully saturated rings. The van der Waals surface area contributed by atoms with Crippen LogP contribution in [0.1, 0.15) is 132 Å². The number of hydrogen-bond donors (Lipinski definition) is 2. The highest BCUT2D eigenvalue weighted by molar-refractivity contribution is 6.39. The number of amides is 1. The summed E-state index contributed by atoms with van der Waals surface area (Å²) in [6, 6.07) is -1.11. The summed E-state index contributed by atoms with van der Waals surface area (Å²) in [5.41, 5.74) is 1.30. The summed E-state index contributed by atoms with van der Waals surface area (Å²) in [6.45, 7) is 15.1. The number of rotatable bonds is 6. The Morgan fingerprint density at radius 3 is 2.25 bits per heavy atom. The second-order valence-corrected chi connectivity index (χ2v) is 20.0. The van der Waals surface area contributed by atoms with Crippen molar-refractivity contribution in [3.8, 4) is 0 Å². The van der Waals surface area contributed by atoms with Crippen LogP contribution in [0.5, 0.6) is 0 Å². The summed E-state index contributed by atoms with van der Waals surface area (Å²) < 4.78 is 29.7. The van der Waals surface area contributed by atoms with Gasteiger partial charge in [0.15, 0.2) is 5.78 Å². The Hall–Kier alpha value is -3.33. The van der Waals surface area contributed by atoms with Gasteiger partial charge in [-0.1, -0.05) is 78.0 Å². The van der Waals surface area contributed by atoms with E-state index in [1.165, 1.54) is 12.0 Å². The number of cyclic esters (lactones) is 1. The number of piperidine rings is 1. The number of nitrogens with zero attached hydrogens (tertiary/aromatic N) is 1. The lowest BCUT2D eigenvalue weighted by molar-refractivity contribution is -0.265. The van der Waals surface area contributed by atoms with Crippen molar-refractivity contribution in [2.45, 2.75) is 181 Å². The van der Waals surface area contributed by atoms with Crippen LogP contribution in [0.25, 0.3) is 0 Å². The zero-order valence-corrected chi connectivity index (χ0v) is 41.2. The fourth-order valence-corrected chi connectivity index (χ4v) is 10.4. The van der Waals surface area contributed by atoms with Crippen molar-refractivity contribution in [2.24, 2.45) is 41.4 Å². The van der Waals surface area contributed by atoms with Crippen LogP contribution in [0.2, 0.25) is 0 Å². The standard InChI is InChI=1S/C52H81NO12/c1-31-17-13-12-14-18-32(2)44(62-10)29-40-23-21-38(8)52(60,65-40)49(57)50(58)53-24-16-15-19-41(53)51(59)64-45(35(5)27-39-22-20-33(3)43(28-39)61-9)30-42(54)34(4)26-37(7)47(56)48(63-11)46(55)36(6)25-31/h12-14,17-18,26,31,33-36,38-41,43-45,47-48,56,60H,15-16,19-25,27-30H2,1-11H3/b14-12?,17-13+,32-18?,37-26+/t31-,33?,34-,35-,36-,38-,39+,40+,41+,43-,44+,45?,47-,48+,52-/m1/s1. The van der Waals surface area contributed by atoms with Gasteiger partial charge < -0.3 is 38.8 Å². The number of aliphatic hydroxyl groups is 2. The number of allylic oxidation sites excluding steroid dienone is 6. The average Bonchev–Trinajstić information content (AvgIpc) is 3.28. The van der Waals surface area contributed by atoms with Crippen LogP contribution in [-0.2, 0) is 47.7 Å². The topological polar surface area (TPSA) is 175 Å². The Morgan fingerprint density at radius 1 is 0.846 bits per heavy atom. The third-order valence-corrected chi connectivity index (χ3v) is 14.8. The molecule has 3 heterocycles. The molecule has 0 aromatic rings. The van der Waals surface area contributed by atoms with Gasteiger partial charge in [-0.3, -0.25) is 19.2 Å². The summed E-state index contributed by atoms with van der Waals surface area (Å²) in [5.74, 6) is -7.07. The Morgan fingerprint density at radius 2 is 1.57 bits per heavy atom. The Bertz CT molecular complexity index is 1750. The molecule has 0 spiro atoms. The highest BCUT2D eigenvalue weighted by atomic mass is 16.6. The molecule has 0 radical (unpaired) electrons. The van der Waals surface area contributed by atoms with Gasteiger partial charge in [-0.15, -0.1) is 0 Å². The maximum atomic E-state index is 14.4. The van der Waals surface area contributed by atoms with Crippen LogP contribution in [0, 0.1) is 41.4 Å². The predicted octanol–water partition coefficient (Wildman–Crippen LogP) is 7.46. The first-order valence-electron chi connectivity index (χ1n) is 24.2. The zero-order valence-electron chi connectivity index (χ0n) is 41.2. The van der Waals surface area contributed by atoms with Crippen LogP contribution < -0.4 is 0 Å². The fraction of sp³-hybridized carbons (Fsp3) is 0.750. The van der Waals surface area contributed by atoms with Crippen molar-refractivity contribution in [2.75, 3.05) is 27.9 Å². The lowest BCUT2D eigenvalue weighted by Crippen LogP contribution is -2.61. The number of hydrogen-bond acceptors (Lipinski definition) is 12. The summed E-state index contributed by atoms with van der Waals surface area (Å²) in [4.78, 5) is 71.9. The number of esters is 1. The molecule has 65 heavy (non-hydrogen) atoms. The maximum absolute atomic E-state index is 14.4. The second kappa shape index (κ2) is 25.2. The Labute approximate surface area is 388 Å². The zero-order chi connectivity index (χ0) is 48.2. The molecule has 0 aromatic heterocycles. The number of carbonyl (C=O) groups is 5. The molecule has 4 rings (SSSR count). The Balaban J connectivity index is 1.70. The SMILES string of the molecule is CO[C@H]1C[C@@H]2CC[C@@H](C)[C@@](O)(O2)C(=O)C(=O)N2CCCC[C@H]2C(=O)OC([C@H](C)C[C@@H]2CCC(C)[C@H](OC)C2)CC(=O)[C@H](C)/C=C(\C)[C@@H](O)[C@@H](OC)C(=O)[C@H](C)C[C@H](C)/C=C/C=CC=C1C. The number of ketones is 3. The molecular weight excluding hydrogens is 831 g/mol. The molecule has 15 atom stereocenters. The van der Waals surface area contributed by atoms with Gasteiger partial charge in [-0.2, -0.15) is 0 Å². The number of carbonyl (C=O) groups excluding carboxylic acids is 5. The van der Waals surface area contributed by atoms with Crippen LogP contribution in [-0.4, -0.2) is 121 Å². The molecule has 1 saturated carbocycles. The molecule has 4 aliphatic rings. The van der Waals surface area contributed by atoms with E-state index in [0.29, 0.717) is 56.4 Å². The van der Waals surface area contributed by atoms with Gasteiger partial charge in [-0.05, 0) is 113 Å². The van der Waals surface area contributed by atoms with Crippen molar-refractivity contribution in [3.63, 3.8) is 0 Å². The van der Waals surface area contributed by atoms with E-state index in [1.54, 1.807) is 41.1 Å². The van der Waals surface area contributed by atoms with E-state index in [9.17, 15) is 34.2 Å². The molecule has 2 unspecified atom stereocenters. The van der Waals surface area contributed by atoms with E-state index in [0.717, 1.165) is 24.8 Å². The largest absolute Gasteiger partial charge is 0.460 e. The van der Waals surface area contributed by atoms with E-state index in [2.05, 4.69) is 6.92 Å². The first kappa shape index (κ1) is 54.3. The molecule has 366 valence electrons. The molecule has 13 heteroatoms. The minimum absolute atomic E-state index is 0.0304. The van der Waals surface area contributed by atoms with Gasteiger partial charge in [0.2, 0.25) is 5.79 Å². The summed E-state index contributed by atoms with van der Waals surface area (Å²) >= 11 is 0. The first-order valence-corrected chi connectivity index (χ1v) is 24.2. The first-order chi connectivity index (χ1) is 30.7. The van der Waals surface area contributed by atoms with Crippen LogP contribution >= 0.6 is 0 Å². The smallest absolute Gasteiger partial charge is 0.329 e. The third kappa shape index (κ3) is 14.3. The minimum atomic E-state index is -2.41. The maximum Gasteiger partial charge on any atom is 0.329 e. The van der Waals surface area contributed by atoms with E-state index in [4.69, 9.17) is 23.7 Å². The average molecular weight is 912 g/mol. The number of ether oxygens (including phenoxy) is 5. The van der Waals surface area contributed by atoms with Gasteiger partial charge >= 0.3 is 5.97 Å². The van der Waals surface area contributed by atoms with E-state index in [1.807, 2.05) is 58.1 Å². The van der Waals surface area contributed by atoms with Gasteiger partial charge in [0, 0.05) is 58.5 Å². The summed E-state index contributed by atoms with van der Waals surface area (Å²) in [6.07, 6.45) is 13.6. The van der Waals surface area contributed by atoms with Crippen molar-refractivity contribution < 1.29 is 57.9 Å². The molecule has 0 aromatic carbocycles. The lowest BCUT2D eigenvalue weighted by Gasteiger charge is -2.42. The number of fused-ring (bicyclic) bond motifs is 3. The lowest BCUT2D eigenvalue weighted by atomic mass is 9.76. The van der Waals surface area contributed by atoms with Crippen molar-refractivity contribution in [3.05, 3.63) is 47.6 Å². The number of methoxy groups -OCH3 is 3. The molecule has 13 nitrogen and oxygen atoms in total. The molecule has 1 amide bonds. The van der Waals surface area contributed by atoms with Crippen LogP contribution in [0.3, 0.4) is 0 Å². The van der Waals surface area contributed by atoms with Crippen LogP contribution in [0.4, 0.5) is 0 Å². The summed E-state index contributed by atoms with van der Waals surface area (Å²) in [5, 5.41) is 23.4. The predicted molar refractivity (Wildman–Crippen MR) is 248 cm³/mol. The highest BCUT2D eigenvalue weighted by Crippen LogP contribution is 2.38.